The molecular formula is C27H31N3O2S. The van der Waals surface area contributed by atoms with E-state index in [0.717, 1.165) is 41.0 Å². The molecule has 0 radical (unpaired) electrons. The number of nitrogens with zero attached hydrogens (tertiary/aromatic N) is 2. The molecule has 0 aliphatic carbocycles. The molecule has 1 fully saturated rings. The van der Waals surface area contributed by atoms with E-state index in [1.165, 1.54) is 16.9 Å². The van der Waals surface area contributed by atoms with Crippen molar-refractivity contribution in [3.63, 3.8) is 0 Å². The molecule has 1 aliphatic rings. The second-order valence-corrected chi connectivity index (χ2v) is 9.82. The molecule has 2 amide bonds. The fourth-order valence-corrected chi connectivity index (χ4v) is 5.06. The van der Waals surface area contributed by atoms with E-state index in [9.17, 15) is 9.59 Å². The number of likely N-dealkylation sites (tertiary alicyclic amines) is 1. The minimum Gasteiger partial charge on any atom is -0.352 e. The summed E-state index contributed by atoms with van der Waals surface area (Å²) < 4.78 is 0. The van der Waals surface area contributed by atoms with Gasteiger partial charge in [0.2, 0.25) is 5.91 Å². The number of piperidine rings is 1. The highest BCUT2D eigenvalue weighted by Crippen LogP contribution is 2.25. The van der Waals surface area contributed by atoms with Gasteiger partial charge >= 0.3 is 0 Å². The molecule has 1 atom stereocenters. The van der Waals surface area contributed by atoms with Crippen LogP contribution < -0.4 is 5.32 Å². The van der Waals surface area contributed by atoms with Gasteiger partial charge in [-0.1, -0.05) is 54.6 Å². The Labute approximate surface area is 200 Å². The lowest BCUT2D eigenvalue weighted by atomic mass is 9.96. The highest BCUT2D eigenvalue weighted by Gasteiger charge is 2.29. The molecule has 2 aromatic carbocycles. The van der Waals surface area contributed by atoms with Crippen LogP contribution in [-0.4, -0.2) is 48.8 Å². The van der Waals surface area contributed by atoms with E-state index in [-0.39, 0.29) is 17.7 Å². The third-order valence-electron chi connectivity index (χ3n) is 6.05. The molecule has 172 valence electrons. The normalized spacial score (nSPS) is 16.1. The van der Waals surface area contributed by atoms with Crippen LogP contribution in [0.5, 0.6) is 0 Å². The second-order valence-electron chi connectivity index (χ2n) is 8.88. The van der Waals surface area contributed by atoms with Gasteiger partial charge in [-0.3, -0.25) is 9.59 Å². The number of thiophene rings is 1. The first-order valence-corrected chi connectivity index (χ1v) is 12.3. The minimum atomic E-state index is -0.167. The van der Waals surface area contributed by atoms with E-state index in [4.69, 9.17) is 0 Å². The predicted octanol–water partition coefficient (Wildman–Crippen LogP) is 4.65. The van der Waals surface area contributed by atoms with E-state index >= 15 is 0 Å². The van der Waals surface area contributed by atoms with Crippen LogP contribution in [-0.2, 0) is 17.9 Å². The Morgan fingerprint density at radius 1 is 1.06 bits per heavy atom. The van der Waals surface area contributed by atoms with Gasteiger partial charge in [0.1, 0.15) is 0 Å². The van der Waals surface area contributed by atoms with Gasteiger partial charge in [-0.25, -0.2) is 0 Å². The van der Waals surface area contributed by atoms with Crippen molar-refractivity contribution >= 4 is 23.2 Å². The molecule has 0 unspecified atom stereocenters. The summed E-state index contributed by atoms with van der Waals surface area (Å²) in [6.45, 7) is 2.58. The van der Waals surface area contributed by atoms with Crippen molar-refractivity contribution in [3.8, 4) is 11.1 Å². The van der Waals surface area contributed by atoms with Crippen LogP contribution in [0.1, 0.15) is 33.6 Å². The SMILES string of the molecule is CN(C)Cc1ccc(-c2ccccc2CNC(=O)[C@H]2CCCN(C(=O)c3cccs3)C2)cc1. The van der Waals surface area contributed by atoms with Gasteiger partial charge in [0, 0.05) is 26.2 Å². The maximum Gasteiger partial charge on any atom is 0.263 e. The number of amides is 2. The van der Waals surface area contributed by atoms with Gasteiger partial charge in [0.15, 0.2) is 0 Å². The van der Waals surface area contributed by atoms with Crippen LogP contribution >= 0.6 is 11.3 Å². The van der Waals surface area contributed by atoms with Gasteiger partial charge in [-0.2, -0.15) is 0 Å². The molecule has 33 heavy (non-hydrogen) atoms. The first-order chi connectivity index (χ1) is 16.0. The molecule has 4 rings (SSSR count). The molecule has 1 saturated heterocycles. The molecule has 1 aliphatic heterocycles. The summed E-state index contributed by atoms with van der Waals surface area (Å²) in [5.41, 5.74) is 4.64. The van der Waals surface area contributed by atoms with Crippen molar-refractivity contribution in [2.24, 2.45) is 5.92 Å². The molecule has 5 nitrogen and oxygen atoms in total. The topological polar surface area (TPSA) is 52.7 Å². The second kappa shape index (κ2) is 10.8. The Morgan fingerprint density at radius 2 is 1.85 bits per heavy atom. The monoisotopic (exact) mass is 461 g/mol. The summed E-state index contributed by atoms with van der Waals surface area (Å²) in [6.07, 6.45) is 1.67. The van der Waals surface area contributed by atoms with Crippen molar-refractivity contribution in [1.29, 1.82) is 0 Å². The Morgan fingerprint density at radius 3 is 2.58 bits per heavy atom. The van der Waals surface area contributed by atoms with Crippen LogP contribution in [0, 0.1) is 5.92 Å². The van der Waals surface area contributed by atoms with Crippen molar-refractivity contribution in [3.05, 3.63) is 82.0 Å². The highest BCUT2D eigenvalue weighted by molar-refractivity contribution is 7.12. The van der Waals surface area contributed by atoms with Crippen LogP contribution in [0.25, 0.3) is 11.1 Å². The molecule has 1 aromatic heterocycles. The lowest BCUT2D eigenvalue weighted by Gasteiger charge is -2.31. The third-order valence-corrected chi connectivity index (χ3v) is 6.90. The highest BCUT2D eigenvalue weighted by atomic mass is 32.1. The summed E-state index contributed by atoms with van der Waals surface area (Å²) in [7, 11) is 4.13. The largest absolute Gasteiger partial charge is 0.352 e. The zero-order valence-corrected chi connectivity index (χ0v) is 20.1. The van der Waals surface area contributed by atoms with Crippen molar-refractivity contribution in [1.82, 2.24) is 15.1 Å². The van der Waals surface area contributed by atoms with E-state index in [0.29, 0.717) is 19.6 Å². The number of carbonyl (C=O) groups is 2. The van der Waals surface area contributed by atoms with Crippen molar-refractivity contribution in [2.45, 2.75) is 25.9 Å². The van der Waals surface area contributed by atoms with Gasteiger partial charge in [-0.05, 0) is 60.6 Å². The quantitative estimate of drug-likeness (QED) is 0.557. The van der Waals surface area contributed by atoms with E-state index in [2.05, 4.69) is 60.7 Å². The number of hydrogen-bond acceptors (Lipinski definition) is 4. The predicted molar refractivity (Wildman–Crippen MR) is 134 cm³/mol. The van der Waals surface area contributed by atoms with E-state index in [1.807, 2.05) is 34.5 Å². The zero-order valence-electron chi connectivity index (χ0n) is 19.3. The number of rotatable bonds is 7. The Bertz CT molecular complexity index is 1080. The zero-order chi connectivity index (χ0) is 23.2. The van der Waals surface area contributed by atoms with Crippen molar-refractivity contribution in [2.75, 3.05) is 27.2 Å². The molecule has 0 bridgehead atoms. The fraction of sp³-hybridized carbons (Fsp3) is 0.333. The molecule has 3 aromatic rings. The lowest BCUT2D eigenvalue weighted by molar-refractivity contribution is -0.126. The first kappa shape index (κ1) is 23.2. The fourth-order valence-electron chi connectivity index (χ4n) is 4.37. The maximum atomic E-state index is 13.0. The number of benzene rings is 2. The Hall–Kier alpha value is -2.96. The number of hydrogen-bond donors (Lipinski definition) is 1. The van der Waals surface area contributed by atoms with Crippen LogP contribution in [0.3, 0.4) is 0 Å². The van der Waals surface area contributed by atoms with Crippen LogP contribution in [0.15, 0.2) is 66.0 Å². The lowest BCUT2D eigenvalue weighted by Crippen LogP contribution is -2.45. The summed E-state index contributed by atoms with van der Waals surface area (Å²) in [6, 6.07) is 20.6. The number of carbonyl (C=O) groups excluding carboxylic acids is 2. The van der Waals surface area contributed by atoms with E-state index < -0.39 is 0 Å². The molecule has 0 saturated carbocycles. The molecule has 6 heteroatoms. The average Bonchev–Trinajstić information content (AvgIpc) is 3.37. The minimum absolute atomic E-state index is 0.0230. The summed E-state index contributed by atoms with van der Waals surface area (Å²) in [4.78, 5) is 30.4. The summed E-state index contributed by atoms with van der Waals surface area (Å²) >= 11 is 1.45. The third kappa shape index (κ3) is 5.89. The van der Waals surface area contributed by atoms with Crippen LogP contribution in [0.4, 0.5) is 0 Å². The molecule has 0 spiro atoms. The maximum absolute atomic E-state index is 13.0. The van der Waals surface area contributed by atoms with Gasteiger partial charge < -0.3 is 15.1 Å². The van der Waals surface area contributed by atoms with Gasteiger partial charge in [0.05, 0.1) is 10.8 Å². The van der Waals surface area contributed by atoms with Gasteiger partial charge in [-0.15, -0.1) is 11.3 Å². The number of nitrogens with one attached hydrogen (secondary N) is 1. The average molecular weight is 462 g/mol. The molecule has 1 N–H and O–H groups in total. The Balaban J connectivity index is 1.39. The summed E-state index contributed by atoms with van der Waals surface area (Å²) in [5.74, 6) is -0.111. The molecular weight excluding hydrogens is 430 g/mol. The van der Waals surface area contributed by atoms with E-state index in [1.54, 1.807) is 0 Å². The van der Waals surface area contributed by atoms with Gasteiger partial charge in [0.25, 0.3) is 5.91 Å². The Kier molecular flexibility index (Phi) is 7.57. The first-order valence-electron chi connectivity index (χ1n) is 11.4. The molecule has 2 heterocycles. The van der Waals surface area contributed by atoms with Crippen molar-refractivity contribution < 1.29 is 9.59 Å². The summed E-state index contributed by atoms with van der Waals surface area (Å²) in [5, 5.41) is 5.04. The standard InChI is InChI=1S/C27H31N3O2S/c1-29(2)18-20-11-13-21(14-12-20)24-9-4-3-7-22(24)17-28-26(31)23-8-5-15-30(19-23)27(32)25-10-6-16-33-25/h3-4,6-7,9-14,16,23H,5,8,15,17-19H2,1-2H3,(H,28,31)/t23-/m0/s1. The smallest absolute Gasteiger partial charge is 0.263 e. The van der Waals surface area contributed by atoms with Crippen LogP contribution in [0.2, 0.25) is 0 Å².